The van der Waals surface area contributed by atoms with E-state index in [1.165, 1.54) is 98.0 Å². The normalized spacial score (nSPS) is 12.1. The van der Waals surface area contributed by atoms with Crippen LogP contribution in [-0.2, 0) is 0 Å². The Labute approximate surface area is 279 Å². The first-order valence-corrected chi connectivity index (χ1v) is 17.0. The molecule has 0 N–H and O–H groups in total. The van der Waals surface area contributed by atoms with Gasteiger partial charge < -0.3 is 4.90 Å². The highest BCUT2D eigenvalue weighted by molar-refractivity contribution is 6.27. The fraction of sp³-hybridized carbons (Fsp3) is 0.0638. The highest BCUT2D eigenvalue weighted by Crippen LogP contribution is 2.49. The summed E-state index contributed by atoms with van der Waals surface area (Å²) in [5.74, 6) is 0.444. The molecule has 0 aliphatic rings. The molecule has 10 rings (SSSR count). The predicted octanol–water partition coefficient (Wildman–Crippen LogP) is 13.8. The van der Waals surface area contributed by atoms with E-state index in [0.29, 0.717) is 5.92 Å². The van der Waals surface area contributed by atoms with Crippen molar-refractivity contribution in [3.8, 4) is 0 Å². The van der Waals surface area contributed by atoms with Gasteiger partial charge in [0.25, 0.3) is 0 Å². The third-order valence-corrected chi connectivity index (χ3v) is 10.5. The van der Waals surface area contributed by atoms with Gasteiger partial charge in [0.05, 0.1) is 17.1 Å². The highest BCUT2D eigenvalue weighted by atomic mass is 15.1. The quantitative estimate of drug-likeness (QED) is 0.179. The molecule has 226 valence electrons. The molecule has 48 heavy (non-hydrogen) atoms. The molecule has 0 spiro atoms. The van der Waals surface area contributed by atoms with Crippen LogP contribution >= 0.6 is 0 Å². The van der Waals surface area contributed by atoms with Crippen molar-refractivity contribution < 1.29 is 0 Å². The third kappa shape index (κ3) is 3.85. The molecule has 0 saturated carbocycles. The van der Waals surface area contributed by atoms with Gasteiger partial charge in [-0.2, -0.15) is 0 Å². The van der Waals surface area contributed by atoms with E-state index in [-0.39, 0.29) is 0 Å². The molecule has 10 aromatic rings. The van der Waals surface area contributed by atoms with E-state index in [2.05, 4.69) is 176 Å². The lowest BCUT2D eigenvalue weighted by molar-refractivity contribution is 0.877. The average molecular weight is 612 g/mol. The second kappa shape index (κ2) is 10.3. The van der Waals surface area contributed by atoms with Gasteiger partial charge in [0.2, 0.25) is 0 Å². The summed E-state index contributed by atoms with van der Waals surface area (Å²) in [6.07, 6.45) is 0. The second-order valence-electron chi connectivity index (χ2n) is 13.5. The molecule has 1 nitrogen and oxygen atoms in total. The lowest BCUT2D eigenvalue weighted by atomic mass is 9.88. The maximum absolute atomic E-state index is 2.54. The highest BCUT2D eigenvalue weighted by Gasteiger charge is 2.23. The second-order valence-corrected chi connectivity index (χ2v) is 13.5. The molecule has 0 fully saturated rings. The van der Waals surface area contributed by atoms with Crippen molar-refractivity contribution in [1.82, 2.24) is 0 Å². The monoisotopic (exact) mass is 611 g/mol. The van der Waals surface area contributed by atoms with Gasteiger partial charge in [-0.15, -0.1) is 0 Å². The van der Waals surface area contributed by atoms with Gasteiger partial charge in [-0.1, -0.05) is 153 Å². The predicted molar refractivity (Wildman–Crippen MR) is 209 cm³/mol. The van der Waals surface area contributed by atoms with Gasteiger partial charge in [0, 0.05) is 16.2 Å². The molecule has 0 atom stereocenters. The number of hydrogen-bond donors (Lipinski definition) is 0. The summed E-state index contributed by atoms with van der Waals surface area (Å²) in [7, 11) is 0. The van der Waals surface area contributed by atoms with Crippen molar-refractivity contribution in [3.63, 3.8) is 0 Å². The number of hydrogen-bond acceptors (Lipinski definition) is 1. The van der Waals surface area contributed by atoms with Gasteiger partial charge in [-0.05, 0) is 88.9 Å². The Morgan fingerprint density at radius 1 is 0.333 bits per heavy atom. The zero-order valence-electron chi connectivity index (χ0n) is 27.0. The van der Waals surface area contributed by atoms with Crippen molar-refractivity contribution in [2.45, 2.75) is 19.8 Å². The number of nitrogens with zero attached hydrogens (tertiary/aromatic N) is 1. The molecule has 0 saturated heterocycles. The van der Waals surface area contributed by atoms with Crippen molar-refractivity contribution in [2.75, 3.05) is 4.90 Å². The fourth-order valence-electron chi connectivity index (χ4n) is 8.33. The van der Waals surface area contributed by atoms with Crippen molar-refractivity contribution in [3.05, 3.63) is 163 Å². The summed E-state index contributed by atoms with van der Waals surface area (Å²) in [4.78, 5) is 2.54. The van der Waals surface area contributed by atoms with Crippen LogP contribution in [0, 0.1) is 0 Å². The van der Waals surface area contributed by atoms with Crippen LogP contribution in [-0.4, -0.2) is 0 Å². The molecular formula is C47H33N. The Morgan fingerprint density at radius 3 is 1.60 bits per heavy atom. The van der Waals surface area contributed by atoms with E-state index in [9.17, 15) is 0 Å². The van der Waals surface area contributed by atoms with Crippen LogP contribution in [0.15, 0.2) is 158 Å². The van der Waals surface area contributed by atoms with Gasteiger partial charge in [-0.3, -0.25) is 0 Å². The van der Waals surface area contributed by atoms with E-state index in [1.807, 2.05) is 0 Å². The summed E-state index contributed by atoms with van der Waals surface area (Å²) in [6, 6.07) is 58.8. The topological polar surface area (TPSA) is 3.24 Å². The Morgan fingerprint density at radius 2 is 0.833 bits per heavy atom. The molecular weight excluding hydrogens is 579 g/mol. The van der Waals surface area contributed by atoms with Gasteiger partial charge >= 0.3 is 0 Å². The zero-order valence-corrected chi connectivity index (χ0v) is 27.0. The van der Waals surface area contributed by atoms with Crippen LogP contribution in [0.3, 0.4) is 0 Å². The van der Waals surface area contributed by atoms with Crippen LogP contribution < -0.4 is 4.90 Å². The SMILES string of the molecule is CC(C)c1ccc2ccc3c(N(c4cccc5c4ccc4ccccc45)c4cc5ccccc5c5ccccc45)ccc4ccc1c2c43. The minimum absolute atomic E-state index is 0.444. The summed E-state index contributed by atoms with van der Waals surface area (Å²) in [6.45, 7) is 4.60. The number of rotatable bonds is 4. The number of fused-ring (bicyclic) bond motifs is 6. The smallest absolute Gasteiger partial charge is 0.0546 e. The lowest BCUT2D eigenvalue weighted by Crippen LogP contribution is -2.12. The standard InChI is InChI=1S/C47H33N/c1-29(2)34-23-19-31-21-26-42-44(27-22-32-20-25-41(34)46(31)47(32)42)48(43-17-9-16-38-35-12-5-3-10-30(35)18-24-40(38)43)45-28-33-11-4-6-13-36(33)37-14-7-8-15-39(37)45/h3-29H,1-2H3. The molecule has 0 bridgehead atoms. The maximum Gasteiger partial charge on any atom is 0.0546 e. The van der Waals surface area contributed by atoms with Crippen molar-refractivity contribution in [2.24, 2.45) is 0 Å². The number of benzene rings is 10. The molecule has 0 unspecified atom stereocenters. The van der Waals surface area contributed by atoms with E-state index in [1.54, 1.807) is 0 Å². The first kappa shape index (κ1) is 27.2. The van der Waals surface area contributed by atoms with Crippen LogP contribution in [0.4, 0.5) is 17.1 Å². The largest absolute Gasteiger partial charge is 0.309 e. The van der Waals surface area contributed by atoms with Crippen LogP contribution in [0.2, 0.25) is 0 Å². The Kier molecular flexibility index (Phi) is 5.83. The minimum atomic E-state index is 0.444. The van der Waals surface area contributed by atoms with E-state index in [4.69, 9.17) is 0 Å². The van der Waals surface area contributed by atoms with Crippen LogP contribution in [0.1, 0.15) is 25.3 Å². The molecule has 0 aliphatic heterocycles. The zero-order chi connectivity index (χ0) is 31.9. The summed E-state index contributed by atoms with van der Waals surface area (Å²) >= 11 is 0. The van der Waals surface area contributed by atoms with Crippen molar-refractivity contribution >= 4 is 92.5 Å². The molecule has 1 heteroatoms. The van der Waals surface area contributed by atoms with Gasteiger partial charge in [0.1, 0.15) is 0 Å². The van der Waals surface area contributed by atoms with Crippen LogP contribution in [0.5, 0.6) is 0 Å². The van der Waals surface area contributed by atoms with Gasteiger partial charge in [0.15, 0.2) is 0 Å². The Bertz CT molecular complexity index is 2880. The maximum atomic E-state index is 2.54. The van der Waals surface area contributed by atoms with E-state index >= 15 is 0 Å². The van der Waals surface area contributed by atoms with Crippen molar-refractivity contribution in [1.29, 1.82) is 0 Å². The summed E-state index contributed by atoms with van der Waals surface area (Å²) in [5, 5.41) is 18.0. The first-order chi connectivity index (χ1) is 23.7. The molecule has 0 heterocycles. The molecule has 0 radical (unpaired) electrons. The molecule has 0 amide bonds. The molecule has 0 aromatic heterocycles. The van der Waals surface area contributed by atoms with Gasteiger partial charge in [-0.25, -0.2) is 0 Å². The first-order valence-electron chi connectivity index (χ1n) is 17.0. The fourth-order valence-corrected chi connectivity index (χ4v) is 8.33. The van der Waals surface area contributed by atoms with Crippen LogP contribution in [0.25, 0.3) is 75.4 Å². The van der Waals surface area contributed by atoms with E-state index < -0.39 is 0 Å². The lowest BCUT2D eigenvalue weighted by Gasteiger charge is -2.30. The Hall–Kier alpha value is -5.92. The summed E-state index contributed by atoms with van der Waals surface area (Å²) in [5.41, 5.74) is 4.95. The third-order valence-electron chi connectivity index (χ3n) is 10.5. The molecule has 0 aliphatic carbocycles. The van der Waals surface area contributed by atoms with E-state index in [0.717, 1.165) is 0 Å². The Balaban J connectivity index is 1.38. The number of anilines is 3. The summed E-state index contributed by atoms with van der Waals surface area (Å²) < 4.78 is 0. The average Bonchev–Trinajstić information content (AvgIpc) is 3.14. The minimum Gasteiger partial charge on any atom is -0.309 e. The molecule has 10 aromatic carbocycles.